The van der Waals surface area contributed by atoms with E-state index in [4.69, 9.17) is 9.72 Å². The zero-order valence-electron chi connectivity index (χ0n) is 16.5. The third kappa shape index (κ3) is 3.46. The molecule has 0 N–H and O–H groups in total. The minimum Gasteiger partial charge on any atom is -0.496 e. The molecular weight excluding hydrogens is 352 g/mol. The number of imidazole rings is 1. The summed E-state index contributed by atoms with van der Waals surface area (Å²) in [5.74, 6) is 1.98. The van der Waals surface area contributed by atoms with Crippen molar-refractivity contribution in [3.05, 3.63) is 54.0 Å². The predicted octanol–water partition coefficient (Wildman–Crippen LogP) is 3.41. The summed E-state index contributed by atoms with van der Waals surface area (Å²) in [5.41, 5.74) is 2.79. The van der Waals surface area contributed by atoms with Crippen molar-refractivity contribution in [3.8, 4) is 5.75 Å². The van der Waals surface area contributed by atoms with Crippen LogP contribution >= 0.6 is 0 Å². The second kappa shape index (κ2) is 8.00. The van der Waals surface area contributed by atoms with Gasteiger partial charge in [-0.05, 0) is 31.0 Å². The van der Waals surface area contributed by atoms with Gasteiger partial charge in [-0.1, -0.05) is 25.1 Å². The summed E-state index contributed by atoms with van der Waals surface area (Å²) in [6.45, 7) is 3.62. The number of benzene rings is 1. The molecule has 1 atom stereocenters. The van der Waals surface area contributed by atoms with E-state index in [-0.39, 0.29) is 11.9 Å². The van der Waals surface area contributed by atoms with Crippen LogP contribution in [0, 0.1) is 0 Å². The Labute approximate surface area is 165 Å². The van der Waals surface area contributed by atoms with Gasteiger partial charge in [0, 0.05) is 31.3 Å². The van der Waals surface area contributed by atoms with Crippen LogP contribution in [0.25, 0.3) is 11.2 Å². The molecule has 0 aliphatic carbocycles. The zero-order valence-corrected chi connectivity index (χ0v) is 16.5. The first-order valence-electron chi connectivity index (χ1n) is 9.92. The van der Waals surface area contributed by atoms with Crippen molar-refractivity contribution in [3.63, 3.8) is 0 Å². The summed E-state index contributed by atoms with van der Waals surface area (Å²) in [7, 11) is 1.64. The van der Waals surface area contributed by atoms with Crippen LogP contribution in [0.2, 0.25) is 0 Å². The van der Waals surface area contributed by atoms with Crippen LogP contribution in [-0.4, -0.2) is 45.5 Å². The van der Waals surface area contributed by atoms with Crippen molar-refractivity contribution in [2.45, 2.75) is 38.6 Å². The van der Waals surface area contributed by atoms with Crippen LogP contribution in [-0.2, 0) is 17.6 Å². The summed E-state index contributed by atoms with van der Waals surface area (Å²) in [4.78, 5) is 24.2. The maximum Gasteiger partial charge on any atom is 0.227 e. The van der Waals surface area contributed by atoms with Crippen molar-refractivity contribution in [1.29, 1.82) is 0 Å². The summed E-state index contributed by atoms with van der Waals surface area (Å²) >= 11 is 0. The lowest BCUT2D eigenvalue weighted by atomic mass is 10.1. The van der Waals surface area contributed by atoms with E-state index in [0.29, 0.717) is 13.0 Å². The Morgan fingerprint density at radius 3 is 2.93 bits per heavy atom. The Hall–Kier alpha value is -2.89. The molecule has 2 aromatic heterocycles. The fourth-order valence-corrected chi connectivity index (χ4v) is 4.06. The Morgan fingerprint density at radius 1 is 1.25 bits per heavy atom. The van der Waals surface area contributed by atoms with Gasteiger partial charge in [0.25, 0.3) is 0 Å². The summed E-state index contributed by atoms with van der Waals surface area (Å²) < 4.78 is 7.65. The number of fused-ring (bicyclic) bond motifs is 1. The number of hydrogen-bond acceptors (Lipinski definition) is 4. The molecule has 0 spiro atoms. The van der Waals surface area contributed by atoms with Crippen LogP contribution in [0.5, 0.6) is 5.75 Å². The van der Waals surface area contributed by atoms with Crippen molar-refractivity contribution >= 4 is 17.1 Å². The van der Waals surface area contributed by atoms with Crippen molar-refractivity contribution in [2.75, 3.05) is 20.2 Å². The lowest BCUT2D eigenvalue weighted by molar-refractivity contribution is -0.129. The first-order valence-corrected chi connectivity index (χ1v) is 9.92. The predicted molar refractivity (Wildman–Crippen MR) is 108 cm³/mol. The number of hydrogen-bond donors (Lipinski definition) is 0. The van der Waals surface area contributed by atoms with Crippen molar-refractivity contribution in [1.82, 2.24) is 19.4 Å². The second-order valence-electron chi connectivity index (χ2n) is 7.27. The van der Waals surface area contributed by atoms with Crippen LogP contribution in [0.4, 0.5) is 0 Å². The maximum atomic E-state index is 12.9. The summed E-state index contributed by atoms with van der Waals surface area (Å²) in [6, 6.07) is 11.9. The van der Waals surface area contributed by atoms with Gasteiger partial charge in [-0.15, -0.1) is 0 Å². The molecule has 146 valence electrons. The van der Waals surface area contributed by atoms with Crippen LogP contribution in [0.1, 0.15) is 37.2 Å². The van der Waals surface area contributed by atoms with Gasteiger partial charge in [0.2, 0.25) is 5.91 Å². The standard InChI is InChI=1S/C22H26N4O2/c1-3-7-20-24-18-9-6-12-23-22(18)26(20)17-11-13-25(15-17)21(27)14-16-8-4-5-10-19(16)28-2/h4-6,8-10,12,17H,3,7,11,13-15H2,1-2H3. The topological polar surface area (TPSA) is 60.2 Å². The van der Waals surface area contributed by atoms with Gasteiger partial charge in [-0.2, -0.15) is 0 Å². The number of aryl methyl sites for hydroxylation is 1. The van der Waals surface area contributed by atoms with Gasteiger partial charge in [0.1, 0.15) is 17.1 Å². The SMILES string of the molecule is CCCc1nc2cccnc2n1C1CCN(C(=O)Cc2ccccc2OC)C1. The molecule has 3 heterocycles. The summed E-state index contributed by atoms with van der Waals surface area (Å²) in [5, 5.41) is 0. The highest BCUT2D eigenvalue weighted by molar-refractivity contribution is 5.80. The average molecular weight is 378 g/mol. The first kappa shape index (κ1) is 18.5. The number of pyridine rings is 1. The Kier molecular flexibility index (Phi) is 5.28. The van der Waals surface area contributed by atoms with Crippen molar-refractivity contribution < 1.29 is 9.53 Å². The number of rotatable bonds is 6. The van der Waals surface area contributed by atoms with Gasteiger partial charge in [-0.3, -0.25) is 4.79 Å². The van der Waals surface area contributed by atoms with Gasteiger partial charge < -0.3 is 14.2 Å². The van der Waals surface area contributed by atoms with E-state index in [2.05, 4.69) is 16.5 Å². The van der Waals surface area contributed by atoms with Crippen LogP contribution in [0.15, 0.2) is 42.6 Å². The number of methoxy groups -OCH3 is 1. The highest BCUT2D eigenvalue weighted by atomic mass is 16.5. The van der Waals surface area contributed by atoms with E-state index >= 15 is 0 Å². The van der Waals surface area contributed by atoms with E-state index in [9.17, 15) is 4.79 Å². The molecule has 28 heavy (non-hydrogen) atoms. The van der Waals surface area contributed by atoms with Crippen LogP contribution in [0.3, 0.4) is 0 Å². The number of likely N-dealkylation sites (tertiary alicyclic amines) is 1. The molecule has 0 saturated carbocycles. The number of aromatic nitrogens is 3. The molecule has 6 nitrogen and oxygen atoms in total. The average Bonchev–Trinajstić information content (AvgIpc) is 3.33. The van der Waals surface area contributed by atoms with E-state index in [1.54, 1.807) is 7.11 Å². The number of carbonyl (C=O) groups excluding carboxylic acids is 1. The monoisotopic (exact) mass is 378 g/mol. The van der Waals surface area contributed by atoms with Gasteiger partial charge >= 0.3 is 0 Å². The number of ether oxygens (including phenoxy) is 1. The normalized spacial score (nSPS) is 16.6. The second-order valence-corrected chi connectivity index (χ2v) is 7.27. The smallest absolute Gasteiger partial charge is 0.227 e. The molecule has 1 saturated heterocycles. The Morgan fingerprint density at radius 2 is 2.11 bits per heavy atom. The first-order chi connectivity index (χ1) is 13.7. The highest BCUT2D eigenvalue weighted by Crippen LogP contribution is 2.29. The van der Waals surface area contributed by atoms with E-state index in [1.807, 2.05) is 47.5 Å². The molecule has 0 bridgehead atoms. The lowest BCUT2D eigenvalue weighted by Crippen LogP contribution is -2.30. The van der Waals surface area contributed by atoms with Crippen LogP contribution < -0.4 is 4.74 Å². The lowest BCUT2D eigenvalue weighted by Gasteiger charge is -2.19. The quantitative estimate of drug-likeness (QED) is 0.660. The fourth-order valence-electron chi connectivity index (χ4n) is 4.06. The molecule has 0 radical (unpaired) electrons. The minimum atomic E-state index is 0.140. The third-order valence-corrected chi connectivity index (χ3v) is 5.41. The molecule has 6 heteroatoms. The molecule has 4 rings (SSSR count). The molecule has 1 unspecified atom stereocenters. The Bertz CT molecular complexity index is 982. The number of nitrogens with zero attached hydrogens (tertiary/aromatic N) is 4. The van der Waals surface area contributed by atoms with E-state index in [1.165, 1.54) is 0 Å². The van der Waals surface area contributed by atoms with E-state index in [0.717, 1.165) is 54.1 Å². The molecule has 1 amide bonds. The zero-order chi connectivity index (χ0) is 19.5. The number of para-hydroxylation sites is 1. The number of carbonyl (C=O) groups is 1. The molecular formula is C22H26N4O2. The van der Waals surface area contributed by atoms with Gasteiger partial charge in [0.05, 0.1) is 19.6 Å². The molecule has 1 aromatic carbocycles. The summed E-state index contributed by atoms with van der Waals surface area (Å²) in [6.07, 6.45) is 5.06. The minimum absolute atomic E-state index is 0.140. The van der Waals surface area contributed by atoms with Gasteiger partial charge in [0.15, 0.2) is 5.65 Å². The van der Waals surface area contributed by atoms with Gasteiger partial charge in [-0.25, -0.2) is 9.97 Å². The molecule has 1 fully saturated rings. The highest BCUT2D eigenvalue weighted by Gasteiger charge is 2.30. The molecule has 1 aliphatic rings. The number of amides is 1. The van der Waals surface area contributed by atoms with Crippen molar-refractivity contribution in [2.24, 2.45) is 0 Å². The van der Waals surface area contributed by atoms with E-state index < -0.39 is 0 Å². The maximum absolute atomic E-state index is 12.9. The molecule has 1 aliphatic heterocycles. The fraction of sp³-hybridized carbons (Fsp3) is 0.409. The Balaban J connectivity index is 1.53. The molecule has 3 aromatic rings. The third-order valence-electron chi connectivity index (χ3n) is 5.41. The largest absolute Gasteiger partial charge is 0.496 e.